The predicted molar refractivity (Wildman–Crippen MR) is 86.8 cm³/mol. The van der Waals surface area contributed by atoms with E-state index < -0.39 is 12.8 Å². The van der Waals surface area contributed by atoms with E-state index in [4.69, 9.17) is 0 Å². The lowest BCUT2D eigenvalue weighted by Gasteiger charge is -2.10. The SMILES string of the molecule is CN=C(NC)NCc1ccc(COCC(F)(F)F)cc1.I. The summed E-state index contributed by atoms with van der Waals surface area (Å²) in [6.45, 7) is -0.697. The van der Waals surface area contributed by atoms with E-state index >= 15 is 0 Å². The molecule has 120 valence electrons. The molecule has 2 N–H and O–H groups in total. The van der Waals surface area contributed by atoms with Gasteiger partial charge >= 0.3 is 6.18 Å². The molecular formula is C13H19F3IN3O. The zero-order chi connectivity index (χ0) is 15.0. The fraction of sp³-hybridized carbons (Fsp3) is 0.462. The molecule has 0 aliphatic heterocycles. The minimum atomic E-state index is -4.28. The van der Waals surface area contributed by atoms with Gasteiger partial charge in [0.25, 0.3) is 0 Å². The summed E-state index contributed by atoms with van der Waals surface area (Å²) >= 11 is 0. The van der Waals surface area contributed by atoms with E-state index in [-0.39, 0.29) is 30.6 Å². The number of aliphatic imine (C=N–C) groups is 1. The molecular weight excluding hydrogens is 398 g/mol. The van der Waals surface area contributed by atoms with Gasteiger partial charge in [-0.25, -0.2) is 0 Å². The Morgan fingerprint density at radius 2 is 1.76 bits per heavy atom. The van der Waals surface area contributed by atoms with Crippen molar-refractivity contribution in [2.45, 2.75) is 19.3 Å². The highest BCUT2D eigenvalue weighted by Crippen LogP contribution is 2.15. The Hall–Kier alpha value is -1.03. The molecule has 0 fully saturated rings. The Labute approximate surface area is 139 Å². The molecule has 4 nitrogen and oxygen atoms in total. The van der Waals surface area contributed by atoms with Crippen molar-refractivity contribution in [1.82, 2.24) is 10.6 Å². The van der Waals surface area contributed by atoms with Crippen LogP contribution in [0.4, 0.5) is 13.2 Å². The number of ether oxygens (including phenoxy) is 1. The van der Waals surface area contributed by atoms with Gasteiger partial charge in [0.1, 0.15) is 6.61 Å². The first-order valence-corrected chi connectivity index (χ1v) is 6.05. The molecule has 0 atom stereocenters. The van der Waals surface area contributed by atoms with Gasteiger partial charge in [0.2, 0.25) is 0 Å². The first-order chi connectivity index (χ1) is 9.44. The van der Waals surface area contributed by atoms with Crippen molar-refractivity contribution in [2.75, 3.05) is 20.7 Å². The monoisotopic (exact) mass is 417 g/mol. The second-order valence-electron chi connectivity index (χ2n) is 4.10. The Bertz CT molecular complexity index is 435. The molecule has 0 heterocycles. The minimum absolute atomic E-state index is 0. The van der Waals surface area contributed by atoms with Crippen LogP contribution in [0.5, 0.6) is 0 Å². The van der Waals surface area contributed by atoms with Gasteiger partial charge < -0.3 is 15.4 Å². The van der Waals surface area contributed by atoms with Gasteiger partial charge in [-0.15, -0.1) is 24.0 Å². The average Bonchev–Trinajstić information content (AvgIpc) is 2.40. The molecule has 0 aliphatic rings. The van der Waals surface area contributed by atoms with Crippen LogP contribution in [-0.4, -0.2) is 32.8 Å². The average molecular weight is 417 g/mol. The molecule has 0 unspecified atom stereocenters. The standard InChI is InChI=1S/C13H18F3N3O.HI/c1-17-12(18-2)19-7-10-3-5-11(6-4-10)8-20-9-13(14,15)16;/h3-6H,7-9H2,1-2H3,(H2,17,18,19);1H. The van der Waals surface area contributed by atoms with Gasteiger partial charge in [0.05, 0.1) is 6.61 Å². The van der Waals surface area contributed by atoms with Crippen LogP contribution in [-0.2, 0) is 17.9 Å². The third-order valence-electron chi connectivity index (χ3n) is 2.48. The molecule has 8 heteroatoms. The van der Waals surface area contributed by atoms with Crippen LogP contribution in [0.3, 0.4) is 0 Å². The largest absolute Gasteiger partial charge is 0.411 e. The van der Waals surface area contributed by atoms with Crippen molar-refractivity contribution in [2.24, 2.45) is 4.99 Å². The van der Waals surface area contributed by atoms with Crippen LogP contribution in [0.15, 0.2) is 29.3 Å². The van der Waals surface area contributed by atoms with Gasteiger partial charge in [-0.2, -0.15) is 13.2 Å². The summed E-state index contributed by atoms with van der Waals surface area (Å²) in [5, 5.41) is 5.96. The molecule has 0 amide bonds. The molecule has 0 aromatic heterocycles. The van der Waals surface area contributed by atoms with Gasteiger partial charge in [-0.1, -0.05) is 24.3 Å². The highest BCUT2D eigenvalue weighted by Gasteiger charge is 2.27. The summed E-state index contributed by atoms with van der Waals surface area (Å²) in [6, 6.07) is 7.16. The number of benzene rings is 1. The minimum Gasteiger partial charge on any atom is -0.367 e. The first kappa shape index (κ1) is 20.0. The van der Waals surface area contributed by atoms with Crippen LogP contribution in [0.25, 0.3) is 0 Å². The lowest BCUT2D eigenvalue weighted by atomic mass is 10.1. The zero-order valence-corrected chi connectivity index (χ0v) is 14.2. The number of alkyl halides is 3. The summed E-state index contributed by atoms with van der Waals surface area (Å²) in [5.74, 6) is 0.669. The van der Waals surface area contributed by atoms with E-state index in [1.807, 2.05) is 12.1 Å². The van der Waals surface area contributed by atoms with E-state index in [0.29, 0.717) is 18.1 Å². The lowest BCUT2D eigenvalue weighted by molar-refractivity contribution is -0.176. The maximum atomic E-state index is 11.9. The number of guanidine groups is 1. The van der Waals surface area contributed by atoms with E-state index in [1.165, 1.54) is 0 Å². The van der Waals surface area contributed by atoms with Crippen molar-refractivity contribution in [3.8, 4) is 0 Å². The zero-order valence-electron chi connectivity index (χ0n) is 11.8. The molecule has 21 heavy (non-hydrogen) atoms. The first-order valence-electron chi connectivity index (χ1n) is 6.05. The van der Waals surface area contributed by atoms with Crippen molar-refractivity contribution in [1.29, 1.82) is 0 Å². The van der Waals surface area contributed by atoms with Crippen LogP contribution in [0, 0.1) is 0 Å². The number of hydrogen-bond acceptors (Lipinski definition) is 2. The Kier molecular flexibility index (Phi) is 9.34. The Morgan fingerprint density at radius 1 is 1.19 bits per heavy atom. The van der Waals surface area contributed by atoms with Crippen LogP contribution in [0.2, 0.25) is 0 Å². The Morgan fingerprint density at radius 3 is 2.24 bits per heavy atom. The van der Waals surface area contributed by atoms with Crippen LogP contribution >= 0.6 is 24.0 Å². The third-order valence-corrected chi connectivity index (χ3v) is 2.48. The number of nitrogens with one attached hydrogen (secondary N) is 2. The molecule has 0 saturated heterocycles. The van der Waals surface area contributed by atoms with Gasteiger partial charge in [-0.3, -0.25) is 4.99 Å². The topological polar surface area (TPSA) is 45.7 Å². The van der Waals surface area contributed by atoms with Gasteiger partial charge in [0.15, 0.2) is 5.96 Å². The molecule has 0 aliphatic carbocycles. The summed E-state index contributed by atoms with van der Waals surface area (Å²) in [7, 11) is 3.43. The summed E-state index contributed by atoms with van der Waals surface area (Å²) in [5.41, 5.74) is 1.71. The number of rotatable bonds is 5. The predicted octanol–water partition coefficient (Wildman–Crippen LogP) is 2.68. The maximum absolute atomic E-state index is 11.9. The van der Waals surface area contributed by atoms with E-state index in [2.05, 4.69) is 20.4 Å². The van der Waals surface area contributed by atoms with Crippen molar-refractivity contribution < 1.29 is 17.9 Å². The molecule has 0 bridgehead atoms. The normalized spacial score (nSPS) is 11.8. The van der Waals surface area contributed by atoms with Gasteiger partial charge in [-0.05, 0) is 11.1 Å². The Balaban J connectivity index is 0.00000400. The maximum Gasteiger partial charge on any atom is 0.411 e. The van der Waals surface area contributed by atoms with Crippen molar-refractivity contribution in [3.05, 3.63) is 35.4 Å². The highest BCUT2D eigenvalue weighted by atomic mass is 127. The molecule has 1 aromatic rings. The van der Waals surface area contributed by atoms with Crippen molar-refractivity contribution in [3.63, 3.8) is 0 Å². The fourth-order valence-electron chi connectivity index (χ4n) is 1.50. The van der Waals surface area contributed by atoms with E-state index in [0.717, 1.165) is 5.56 Å². The quantitative estimate of drug-likeness (QED) is 0.440. The lowest BCUT2D eigenvalue weighted by Crippen LogP contribution is -2.34. The third kappa shape index (κ3) is 8.76. The highest BCUT2D eigenvalue weighted by molar-refractivity contribution is 14.0. The molecule has 0 spiro atoms. The molecule has 0 radical (unpaired) electrons. The number of hydrogen-bond donors (Lipinski definition) is 2. The second kappa shape index (κ2) is 9.82. The van der Waals surface area contributed by atoms with Gasteiger partial charge in [0, 0.05) is 20.6 Å². The fourth-order valence-corrected chi connectivity index (χ4v) is 1.50. The van der Waals surface area contributed by atoms with E-state index in [9.17, 15) is 13.2 Å². The van der Waals surface area contributed by atoms with Crippen LogP contribution < -0.4 is 10.6 Å². The molecule has 0 saturated carbocycles. The summed E-state index contributed by atoms with van der Waals surface area (Å²) in [6.07, 6.45) is -4.28. The van der Waals surface area contributed by atoms with Crippen LogP contribution in [0.1, 0.15) is 11.1 Å². The molecule has 1 aromatic carbocycles. The second-order valence-corrected chi connectivity index (χ2v) is 4.10. The number of halogens is 4. The van der Waals surface area contributed by atoms with Crippen molar-refractivity contribution >= 4 is 29.9 Å². The summed E-state index contributed by atoms with van der Waals surface area (Å²) < 4.78 is 40.3. The molecule has 1 rings (SSSR count). The summed E-state index contributed by atoms with van der Waals surface area (Å²) in [4.78, 5) is 3.97. The smallest absolute Gasteiger partial charge is 0.367 e. The number of nitrogens with zero attached hydrogens (tertiary/aromatic N) is 1. The van der Waals surface area contributed by atoms with E-state index in [1.54, 1.807) is 26.2 Å².